The summed E-state index contributed by atoms with van der Waals surface area (Å²) < 4.78 is 5.62. The first kappa shape index (κ1) is 16.7. The van der Waals surface area contributed by atoms with Crippen molar-refractivity contribution in [2.45, 2.75) is 46.8 Å². The molecular formula is C18H28N2O2. The van der Waals surface area contributed by atoms with Crippen LogP contribution < -0.4 is 10.1 Å². The van der Waals surface area contributed by atoms with Crippen molar-refractivity contribution >= 4 is 6.03 Å². The van der Waals surface area contributed by atoms with Gasteiger partial charge in [0.15, 0.2) is 0 Å². The molecule has 2 unspecified atom stereocenters. The van der Waals surface area contributed by atoms with Crippen LogP contribution >= 0.6 is 0 Å². The van der Waals surface area contributed by atoms with Crippen LogP contribution in [0, 0.1) is 11.8 Å². The lowest BCUT2D eigenvalue weighted by Gasteiger charge is -2.34. The van der Waals surface area contributed by atoms with Crippen LogP contribution in [0.4, 0.5) is 4.79 Å². The van der Waals surface area contributed by atoms with E-state index in [0.29, 0.717) is 18.4 Å². The molecule has 122 valence electrons. The summed E-state index contributed by atoms with van der Waals surface area (Å²) >= 11 is 0. The van der Waals surface area contributed by atoms with Crippen LogP contribution in [-0.4, -0.2) is 30.1 Å². The van der Waals surface area contributed by atoms with Crippen LogP contribution in [0.15, 0.2) is 24.3 Å². The number of piperidine rings is 1. The molecule has 0 bridgehead atoms. The highest BCUT2D eigenvalue weighted by atomic mass is 16.5. The van der Waals surface area contributed by atoms with Gasteiger partial charge in [-0.1, -0.05) is 26.0 Å². The SMILES string of the molecule is CC1CC(C)CN(C(=O)NCc2ccc(OC(C)C)cc2)C1. The predicted molar refractivity (Wildman–Crippen MR) is 89.0 cm³/mol. The van der Waals surface area contributed by atoms with Crippen LogP contribution in [0.25, 0.3) is 0 Å². The minimum atomic E-state index is 0.0425. The molecule has 1 aliphatic rings. The highest BCUT2D eigenvalue weighted by Crippen LogP contribution is 2.21. The lowest BCUT2D eigenvalue weighted by atomic mass is 9.92. The smallest absolute Gasteiger partial charge is 0.317 e. The van der Waals surface area contributed by atoms with E-state index in [-0.39, 0.29) is 12.1 Å². The number of amides is 2. The lowest BCUT2D eigenvalue weighted by Crippen LogP contribution is -2.47. The van der Waals surface area contributed by atoms with E-state index in [9.17, 15) is 4.79 Å². The largest absolute Gasteiger partial charge is 0.491 e. The predicted octanol–water partition coefficient (Wildman–Crippen LogP) is 3.66. The molecule has 0 aliphatic carbocycles. The van der Waals surface area contributed by atoms with E-state index in [1.807, 2.05) is 43.0 Å². The summed E-state index contributed by atoms with van der Waals surface area (Å²) in [7, 11) is 0. The fourth-order valence-electron chi connectivity index (χ4n) is 3.08. The normalized spacial score (nSPS) is 21.8. The highest BCUT2D eigenvalue weighted by molar-refractivity contribution is 5.74. The Morgan fingerprint density at radius 3 is 2.36 bits per heavy atom. The molecule has 0 spiro atoms. The lowest BCUT2D eigenvalue weighted by molar-refractivity contribution is 0.146. The van der Waals surface area contributed by atoms with E-state index in [1.54, 1.807) is 0 Å². The van der Waals surface area contributed by atoms with Gasteiger partial charge >= 0.3 is 6.03 Å². The van der Waals surface area contributed by atoms with Crippen molar-refractivity contribution in [3.05, 3.63) is 29.8 Å². The monoisotopic (exact) mass is 304 g/mol. The number of hydrogen-bond donors (Lipinski definition) is 1. The Morgan fingerprint density at radius 2 is 1.82 bits per heavy atom. The average molecular weight is 304 g/mol. The molecule has 22 heavy (non-hydrogen) atoms. The number of hydrogen-bond acceptors (Lipinski definition) is 2. The Labute approximate surface area is 133 Å². The molecule has 0 radical (unpaired) electrons. The molecule has 0 saturated carbocycles. The number of urea groups is 1. The summed E-state index contributed by atoms with van der Waals surface area (Å²) in [5, 5.41) is 3.02. The number of carbonyl (C=O) groups excluding carboxylic acids is 1. The first-order valence-electron chi connectivity index (χ1n) is 8.22. The first-order valence-corrected chi connectivity index (χ1v) is 8.22. The Kier molecular flexibility index (Phi) is 5.69. The molecule has 2 atom stereocenters. The molecule has 4 nitrogen and oxygen atoms in total. The van der Waals surface area contributed by atoms with Crippen molar-refractivity contribution in [3.8, 4) is 5.75 Å². The average Bonchev–Trinajstić information content (AvgIpc) is 2.44. The topological polar surface area (TPSA) is 41.6 Å². The van der Waals surface area contributed by atoms with Gasteiger partial charge in [0.2, 0.25) is 0 Å². The number of ether oxygens (including phenoxy) is 1. The second kappa shape index (κ2) is 7.52. The summed E-state index contributed by atoms with van der Waals surface area (Å²) in [6, 6.07) is 7.94. The molecular weight excluding hydrogens is 276 g/mol. The molecule has 1 aromatic carbocycles. The summed E-state index contributed by atoms with van der Waals surface area (Å²) in [4.78, 5) is 14.2. The van der Waals surface area contributed by atoms with Crippen LogP contribution in [-0.2, 0) is 6.54 Å². The third kappa shape index (κ3) is 4.93. The summed E-state index contributed by atoms with van der Waals surface area (Å²) in [6.07, 6.45) is 1.38. The van der Waals surface area contributed by atoms with Crippen molar-refractivity contribution in [1.82, 2.24) is 10.2 Å². The maximum Gasteiger partial charge on any atom is 0.317 e. The van der Waals surface area contributed by atoms with Gasteiger partial charge in [0.1, 0.15) is 5.75 Å². The van der Waals surface area contributed by atoms with Gasteiger partial charge < -0.3 is 15.0 Å². The first-order chi connectivity index (χ1) is 10.4. The minimum absolute atomic E-state index is 0.0425. The van der Waals surface area contributed by atoms with Gasteiger partial charge in [-0.2, -0.15) is 0 Å². The molecule has 1 aliphatic heterocycles. The molecule has 1 saturated heterocycles. The van der Waals surface area contributed by atoms with Gasteiger partial charge in [-0.05, 0) is 49.8 Å². The molecule has 2 amide bonds. The molecule has 1 aromatic rings. The van der Waals surface area contributed by atoms with Gasteiger partial charge in [-0.25, -0.2) is 4.79 Å². The zero-order valence-electron chi connectivity index (χ0n) is 14.1. The van der Waals surface area contributed by atoms with Crippen molar-refractivity contribution in [1.29, 1.82) is 0 Å². The van der Waals surface area contributed by atoms with E-state index in [1.165, 1.54) is 6.42 Å². The third-order valence-electron chi connectivity index (χ3n) is 3.89. The van der Waals surface area contributed by atoms with Crippen molar-refractivity contribution in [2.24, 2.45) is 11.8 Å². The molecule has 4 heteroatoms. The van der Waals surface area contributed by atoms with Crippen LogP contribution in [0.1, 0.15) is 39.7 Å². The zero-order chi connectivity index (χ0) is 16.1. The highest BCUT2D eigenvalue weighted by Gasteiger charge is 2.25. The summed E-state index contributed by atoms with van der Waals surface area (Å²) in [6.45, 7) is 10.7. The summed E-state index contributed by atoms with van der Waals surface area (Å²) in [5.41, 5.74) is 1.09. The van der Waals surface area contributed by atoms with E-state index >= 15 is 0 Å². The second-order valence-electron chi connectivity index (χ2n) is 6.82. The van der Waals surface area contributed by atoms with E-state index in [0.717, 1.165) is 24.4 Å². The number of rotatable bonds is 4. The third-order valence-corrected chi connectivity index (χ3v) is 3.89. The fraction of sp³-hybridized carbons (Fsp3) is 0.611. The van der Waals surface area contributed by atoms with Gasteiger partial charge in [-0.15, -0.1) is 0 Å². The van der Waals surface area contributed by atoms with E-state index in [4.69, 9.17) is 4.74 Å². The Balaban J connectivity index is 1.83. The van der Waals surface area contributed by atoms with Crippen molar-refractivity contribution in [3.63, 3.8) is 0 Å². The Hall–Kier alpha value is -1.71. The quantitative estimate of drug-likeness (QED) is 0.922. The maximum absolute atomic E-state index is 12.3. The van der Waals surface area contributed by atoms with E-state index in [2.05, 4.69) is 19.2 Å². The Morgan fingerprint density at radius 1 is 1.23 bits per heavy atom. The maximum atomic E-state index is 12.3. The van der Waals surface area contributed by atoms with E-state index < -0.39 is 0 Å². The zero-order valence-corrected chi connectivity index (χ0v) is 14.1. The molecule has 0 aromatic heterocycles. The fourth-order valence-corrected chi connectivity index (χ4v) is 3.08. The number of carbonyl (C=O) groups is 1. The van der Waals surface area contributed by atoms with Gasteiger partial charge in [0.05, 0.1) is 6.10 Å². The van der Waals surface area contributed by atoms with Crippen LogP contribution in [0.2, 0.25) is 0 Å². The van der Waals surface area contributed by atoms with Crippen LogP contribution in [0.5, 0.6) is 5.75 Å². The standard InChI is InChI=1S/C18H28N2O2/c1-13(2)22-17-7-5-16(6-8-17)10-19-18(21)20-11-14(3)9-15(4)12-20/h5-8,13-15H,9-12H2,1-4H3,(H,19,21). The second-order valence-corrected chi connectivity index (χ2v) is 6.82. The molecule has 1 heterocycles. The van der Waals surface area contributed by atoms with Crippen LogP contribution in [0.3, 0.4) is 0 Å². The Bertz CT molecular complexity index is 474. The minimum Gasteiger partial charge on any atom is -0.491 e. The molecule has 2 rings (SSSR count). The summed E-state index contributed by atoms with van der Waals surface area (Å²) in [5.74, 6) is 2.03. The molecule has 1 fully saturated rings. The van der Waals surface area contributed by atoms with Gasteiger partial charge in [0.25, 0.3) is 0 Å². The number of benzene rings is 1. The number of nitrogens with zero attached hydrogens (tertiary/aromatic N) is 1. The van der Waals surface area contributed by atoms with Crippen molar-refractivity contribution in [2.75, 3.05) is 13.1 Å². The number of nitrogens with one attached hydrogen (secondary N) is 1. The van der Waals surface area contributed by atoms with Crippen molar-refractivity contribution < 1.29 is 9.53 Å². The van der Waals surface area contributed by atoms with Gasteiger partial charge in [-0.3, -0.25) is 0 Å². The number of likely N-dealkylation sites (tertiary alicyclic amines) is 1. The van der Waals surface area contributed by atoms with Gasteiger partial charge in [0, 0.05) is 19.6 Å². The molecule has 1 N–H and O–H groups in total.